The standard InChI is InChI=1S/C11H11NS3/c1-8-3-5-9(6-4-8)10-7-14-11(15-10)12-13-2/h3-7H,1-2H3/b12-11-. The van der Waals surface area contributed by atoms with Gasteiger partial charge in [-0.3, -0.25) is 0 Å². The van der Waals surface area contributed by atoms with Gasteiger partial charge >= 0.3 is 0 Å². The number of rotatable bonds is 2. The third-order valence-electron chi connectivity index (χ3n) is 1.97. The summed E-state index contributed by atoms with van der Waals surface area (Å²) in [5.74, 6) is 0. The zero-order valence-corrected chi connectivity index (χ0v) is 11.0. The van der Waals surface area contributed by atoms with Crippen LogP contribution in [0.2, 0.25) is 0 Å². The number of hydrogen-bond acceptors (Lipinski definition) is 4. The molecule has 1 nitrogen and oxygen atoms in total. The predicted molar refractivity (Wildman–Crippen MR) is 71.4 cm³/mol. The van der Waals surface area contributed by atoms with Gasteiger partial charge in [0.1, 0.15) is 0 Å². The van der Waals surface area contributed by atoms with Crippen LogP contribution < -0.4 is 3.98 Å². The molecule has 0 bridgehead atoms. The zero-order chi connectivity index (χ0) is 10.7. The molecular formula is C11H11NS3. The van der Waals surface area contributed by atoms with Crippen LogP contribution in [0.4, 0.5) is 0 Å². The molecule has 0 aliphatic heterocycles. The van der Waals surface area contributed by atoms with Gasteiger partial charge in [-0.15, -0.1) is 22.7 Å². The third-order valence-corrected chi connectivity index (χ3v) is 4.74. The van der Waals surface area contributed by atoms with E-state index in [2.05, 4.69) is 41.0 Å². The molecule has 4 heteroatoms. The molecule has 1 heterocycles. The van der Waals surface area contributed by atoms with Crippen molar-refractivity contribution in [1.82, 2.24) is 0 Å². The fraction of sp³-hybridized carbons (Fsp3) is 0.182. The maximum Gasteiger partial charge on any atom is 0.178 e. The van der Waals surface area contributed by atoms with E-state index in [1.54, 1.807) is 22.7 Å². The lowest BCUT2D eigenvalue weighted by Crippen LogP contribution is -1.80. The first-order chi connectivity index (χ1) is 7.29. The first kappa shape index (κ1) is 10.9. The van der Waals surface area contributed by atoms with Crippen LogP contribution in [0.15, 0.2) is 34.0 Å². The van der Waals surface area contributed by atoms with Crippen LogP contribution in [0.1, 0.15) is 5.56 Å². The molecule has 1 aromatic carbocycles. The molecule has 0 radical (unpaired) electrons. The molecule has 0 amide bonds. The Labute approximate surface area is 102 Å². The lowest BCUT2D eigenvalue weighted by atomic mass is 10.1. The van der Waals surface area contributed by atoms with Crippen molar-refractivity contribution < 1.29 is 0 Å². The second kappa shape index (κ2) is 4.96. The van der Waals surface area contributed by atoms with E-state index in [-0.39, 0.29) is 0 Å². The molecule has 1 aromatic heterocycles. The van der Waals surface area contributed by atoms with Crippen LogP contribution in [0, 0.1) is 6.92 Å². The highest BCUT2D eigenvalue weighted by atomic mass is 32.2. The van der Waals surface area contributed by atoms with Gasteiger partial charge in [-0.2, -0.15) is 4.40 Å². The minimum atomic E-state index is 1.12. The van der Waals surface area contributed by atoms with Crippen LogP contribution in [0.5, 0.6) is 0 Å². The highest BCUT2D eigenvalue weighted by Gasteiger charge is 1.99. The van der Waals surface area contributed by atoms with Crippen molar-refractivity contribution in [2.24, 2.45) is 4.40 Å². The number of aryl methyl sites for hydroxylation is 1. The van der Waals surface area contributed by atoms with Gasteiger partial charge in [0.2, 0.25) is 0 Å². The van der Waals surface area contributed by atoms with Gasteiger partial charge in [0, 0.05) is 16.5 Å². The largest absolute Gasteiger partial charge is 0.195 e. The van der Waals surface area contributed by atoms with Crippen LogP contribution in [-0.4, -0.2) is 6.26 Å². The molecule has 0 spiro atoms. The van der Waals surface area contributed by atoms with Gasteiger partial charge < -0.3 is 0 Å². The lowest BCUT2D eigenvalue weighted by molar-refractivity contribution is 1.48. The summed E-state index contributed by atoms with van der Waals surface area (Å²) in [6.07, 6.45) is 1.98. The smallest absolute Gasteiger partial charge is 0.178 e. The van der Waals surface area contributed by atoms with Crippen LogP contribution in [0.25, 0.3) is 10.4 Å². The van der Waals surface area contributed by atoms with E-state index in [0.29, 0.717) is 0 Å². The molecule has 0 saturated heterocycles. The average Bonchev–Trinajstić information content (AvgIpc) is 2.68. The summed E-state index contributed by atoms with van der Waals surface area (Å²) in [5.41, 5.74) is 2.58. The molecule has 0 fully saturated rings. The Morgan fingerprint density at radius 2 is 1.93 bits per heavy atom. The van der Waals surface area contributed by atoms with Crippen molar-refractivity contribution in [2.45, 2.75) is 6.92 Å². The van der Waals surface area contributed by atoms with Crippen molar-refractivity contribution in [3.63, 3.8) is 0 Å². The Kier molecular flexibility index (Phi) is 3.61. The van der Waals surface area contributed by atoms with E-state index in [1.807, 2.05) is 6.26 Å². The van der Waals surface area contributed by atoms with Gasteiger partial charge in [0.05, 0.1) is 0 Å². The molecule has 78 valence electrons. The van der Waals surface area contributed by atoms with E-state index in [0.717, 1.165) is 3.98 Å². The van der Waals surface area contributed by atoms with E-state index >= 15 is 0 Å². The Balaban J connectivity index is 2.37. The minimum Gasteiger partial charge on any atom is -0.195 e. The highest BCUT2D eigenvalue weighted by Crippen LogP contribution is 2.24. The zero-order valence-electron chi connectivity index (χ0n) is 8.56. The molecule has 2 aromatic rings. The average molecular weight is 253 g/mol. The Bertz CT molecular complexity index is 493. The van der Waals surface area contributed by atoms with Crippen molar-refractivity contribution >= 4 is 34.6 Å². The Hall–Kier alpha value is -0.580. The monoisotopic (exact) mass is 253 g/mol. The quantitative estimate of drug-likeness (QED) is 0.738. The SMILES string of the molecule is CS/N=c1/scc(-c2ccc(C)cc2)s1. The van der Waals surface area contributed by atoms with Gasteiger partial charge in [0.25, 0.3) is 0 Å². The summed E-state index contributed by atoms with van der Waals surface area (Å²) in [4.78, 5) is 1.30. The molecule has 0 aliphatic rings. The lowest BCUT2D eigenvalue weighted by Gasteiger charge is -1.96. The maximum absolute atomic E-state index is 4.32. The Morgan fingerprint density at radius 3 is 2.60 bits per heavy atom. The highest BCUT2D eigenvalue weighted by molar-refractivity contribution is 7.97. The molecule has 0 aliphatic carbocycles. The molecule has 15 heavy (non-hydrogen) atoms. The normalized spacial score (nSPS) is 12.0. The fourth-order valence-electron chi connectivity index (χ4n) is 1.21. The number of nitrogens with zero attached hydrogens (tertiary/aromatic N) is 1. The van der Waals surface area contributed by atoms with Crippen molar-refractivity contribution in [1.29, 1.82) is 0 Å². The third kappa shape index (κ3) is 2.71. The second-order valence-corrected chi connectivity index (χ2v) is 5.80. The van der Waals surface area contributed by atoms with E-state index in [4.69, 9.17) is 0 Å². The van der Waals surface area contributed by atoms with Crippen LogP contribution in [-0.2, 0) is 0 Å². The summed E-state index contributed by atoms with van der Waals surface area (Å²) in [6, 6.07) is 8.61. The molecule has 2 rings (SSSR count). The Morgan fingerprint density at radius 1 is 1.20 bits per heavy atom. The number of benzene rings is 1. The summed E-state index contributed by atoms with van der Waals surface area (Å²) < 4.78 is 5.45. The summed E-state index contributed by atoms with van der Waals surface area (Å²) in [7, 11) is 0. The summed E-state index contributed by atoms with van der Waals surface area (Å²) in [6.45, 7) is 2.11. The second-order valence-electron chi connectivity index (χ2n) is 3.11. The minimum absolute atomic E-state index is 1.12. The fourth-order valence-corrected chi connectivity index (χ4v) is 3.85. The molecule has 0 N–H and O–H groups in total. The molecule has 0 unspecified atom stereocenters. The molecule has 0 atom stereocenters. The van der Waals surface area contributed by atoms with Gasteiger partial charge in [0.15, 0.2) is 3.98 Å². The van der Waals surface area contributed by atoms with Crippen LogP contribution in [0.3, 0.4) is 0 Å². The summed E-state index contributed by atoms with van der Waals surface area (Å²) >= 11 is 4.96. The van der Waals surface area contributed by atoms with Gasteiger partial charge in [-0.25, -0.2) is 0 Å². The van der Waals surface area contributed by atoms with Gasteiger partial charge in [-0.05, 0) is 24.4 Å². The molecular weight excluding hydrogens is 242 g/mol. The van der Waals surface area contributed by atoms with Gasteiger partial charge in [-0.1, -0.05) is 29.8 Å². The number of hydrogen-bond donors (Lipinski definition) is 0. The van der Waals surface area contributed by atoms with Crippen molar-refractivity contribution in [2.75, 3.05) is 6.26 Å². The van der Waals surface area contributed by atoms with Crippen molar-refractivity contribution in [3.8, 4) is 10.4 Å². The van der Waals surface area contributed by atoms with Crippen molar-refractivity contribution in [3.05, 3.63) is 39.2 Å². The predicted octanol–water partition coefficient (Wildman–Crippen LogP) is 3.96. The van der Waals surface area contributed by atoms with E-state index in [9.17, 15) is 0 Å². The molecule has 0 saturated carbocycles. The van der Waals surface area contributed by atoms with E-state index in [1.165, 1.54) is 28.0 Å². The maximum atomic E-state index is 4.32. The summed E-state index contributed by atoms with van der Waals surface area (Å²) in [5, 5.41) is 2.17. The van der Waals surface area contributed by atoms with E-state index < -0.39 is 0 Å². The first-order valence-electron chi connectivity index (χ1n) is 4.52. The first-order valence-corrected chi connectivity index (χ1v) is 7.40. The topological polar surface area (TPSA) is 12.4 Å². The van der Waals surface area contributed by atoms with Crippen LogP contribution >= 0.6 is 34.6 Å².